The van der Waals surface area contributed by atoms with Crippen LogP contribution in [0, 0.1) is 0 Å². The van der Waals surface area contributed by atoms with Crippen LogP contribution in [0.15, 0.2) is 12.1 Å². The van der Waals surface area contributed by atoms with Gasteiger partial charge in [0.05, 0.1) is 27.6 Å². The topological polar surface area (TPSA) is 59.0 Å². The van der Waals surface area contributed by atoms with Gasteiger partial charge in [0.1, 0.15) is 0 Å². The lowest BCUT2D eigenvalue weighted by Crippen LogP contribution is -2.76. The first kappa shape index (κ1) is 6.05. The largest absolute Gasteiger partial charge is 0.493 e. The molecule has 2 fully saturated rings. The van der Waals surface area contributed by atoms with Gasteiger partial charge >= 0.3 is 0 Å². The van der Waals surface area contributed by atoms with Crippen LogP contribution < -0.4 is 9.47 Å². The zero-order chi connectivity index (χ0) is 27.1. The Morgan fingerprint density at radius 2 is 2.61 bits per heavy atom. The molecule has 122 valence electrons. The van der Waals surface area contributed by atoms with E-state index in [1.165, 1.54) is 0 Å². The number of methoxy groups -OCH3 is 1. The van der Waals surface area contributed by atoms with Gasteiger partial charge in [-0.25, -0.2) is 0 Å². The van der Waals surface area contributed by atoms with Crippen molar-refractivity contribution in [3.63, 3.8) is 0 Å². The van der Waals surface area contributed by atoms with Crippen LogP contribution >= 0.6 is 0 Å². The van der Waals surface area contributed by atoms with E-state index in [4.69, 9.17) is 29.7 Å². The van der Waals surface area contributed by atoms with Crippen molar-refractivity contribution in [3.05, 3.63) is 23.2 Å². The van der Waals surface area contributed by atoms with Gasteiger partial charge in [0.2, 0.25) is 1.43 Å². The molecule has 5 nitrogen and oxygen atoms in total. The van der Waals surface area contributed by atoms with Gasteiger partial charge in [0.15, 0.2) is 23.4 Å². The van der Waals surface area contributed by atoms with E-state index in [-0.39, 0.29) is 5.56 Å². The standard InChI is InChI=1S/C18H21NO4/c1-19-8-7-17-14-10-3-4-12(22-2)15(14)23-16(17)11(20)5-6-18(17,21)13(19)9-10/h3-4,13,16,21H,5-9H2,1-2H3/t13-,16?,17+,18-/m1/s1/i1D3,2D3,3D,4D,9D2,13D,16D,21D. The first-order chi connectivity index (χ1) is 16.3. The number of likely N-dealkylation sites (tertiary alicyclic amines) is 1. The summed E-state index contributed by atoms with van der Waals surface area (Å²) in [5.41, 5.74) is -5.71. The summed E-state index contributed by atoms with van der Waals surface area (Å²) in [6.45, 7) is -3.61. The Labute approximate surface area is 153 Å². The summed E-state index contributed by atoms with van der Waals surface area (Å²) in [7, 11) is -3.15. The lowest BCUT2D eigenvalue weighted by Gasteiger charge is -2.62. The van der Waals surface area contributed by atoms with E-state index in [2.05, 4.69) is 0 Å². The van der Waals surface area contributed by atoms with E-state index in [0.717, 1.165) is 0 Å². The molecule has 0 radical (unpaired) electrons. The molecule has 1 N–H and O–H groups in total. The lowest BCUT2D eigenvalue weighted by molar-refractivity contribution is -0.185. The van der Waals surface area contributed by atoms with E-state index in [1.54, 1.807) is 0 Å². The molecule has 2 bridgehead atoms. The molecule has 4 atom stereocenters. The summed E-state index contributed by atoms with van der Waals surface area (Å²) in [5.74, 6) is -2.28. The number of piperidine rings is 1. The number of ketones is 1. The molecular weight excluding hydrogens is 294 g/mol. The average Bonchev–Trinajstić information content (AvgIpc) is 3.00. The van der Waals surface area contributed by atoms with E-state index in [9.17, 15) is 7.54 Å². The smallest absolute Gasteiger partial charge is 0.211 e. The van der Waals surface area contributed by atoms with E-state index in [1.807, 2.05) is 0 Å². The molecule has 0 aromatic heterocycles. The van der Waals surface area contributed by atoms with Gasteiger partial charge in [0, 0.05) is 24.9 Å². The zero-order valence-corrected chi connectivity index (χ0v) is 11.9. The van der Waals surface area contributed by atoms with E-state index >= 15 is 0 Å². The molecule has 1 saturated heterocycles. The van der Waals surface area contributed by atoms with Crippen LogP contribution in [0.5, 0.6) is 11.5 Å². The molecule has 1 unspecified atom stereocenters. The highest BCUT2D eigenvalue weighted by molar-refractivity contribution is 5.90. The molecule has 1 saturated carbocycles. The fourth-order valence-electron chi connectivity index (χ4n) is 4.39. The number of hydrogen-bond acceptors (Lipinski definition) is 5. The van der Waals surface area contributed by atoms with Gasteiger partial charge in [-0.15, -0.1) is 0 Å². The second-order valence-electron chi connectivity index (χ2n) is 6.22. The highest BCUT2D eigenvalue weighted by Gasteiger charge is 2.72. The van der Waals surface area contributed by atoms with Gasteiger partial charge in [-0.2, -0.15) is 0 Å². The predicted octanol–water partition coefficient (Wildman–Crippen LogP) is 1.05. The number of likely N-dealkylation sites (N-methyl/N-ethyl adjacent to an activating group) is 1. The number of rotatable bonds is 2. The Hall–Kier alpha value is -1.59. The summed E-state index contributed by atoms with van der Waals surface area (Å²) in [6.07, 6.45) is -7.30. The molecule has 1 aromatic rings. The molecule has 2 aliphatic heterocycles. The summed E-state index contributed by atoms with van der Waals surface area (Å²) in [5, 5.41) is 5.11. The highest BCUT2D eigenvalue weighted by Crippen LogP contribution is 2.64. The Morgan fingerprint density at radius 3 is 3.43 bits per heavy atom. The molecule has 5 rings (SSSR count). The number of nitrogens with zero attached hydrogens (tertiary/aromatic N) is 1. The van der Waals surface area contributed by atoms with Crippen LogP contribution in [0.25, 0.3) is 0 Å². The van der Waals surface area contributed by atoms with Crippen molar-refractivity contribution in [2.24, 2.45) is 0 Å². The summed E-state index contributed by atoms with van der Waals surface area (Å²) in [6, 6.07) is -4.83. The monoisotopic (exact) mass is 328 g/mol. The van der Waals surface area contributed by atoms with Crippen LogP contribution in [0.3, 0.4) is 0 Å². The van der Waals surface area contributed by atoms with Gasteiger partial charge in [-0.1, -0.05) is 6.04 Å². The summed E-state index contributed by atoms with van der Waals surface area (Å²) in [4.78, 5) is 13.8. The maximum atomic E-state index is 13.3. The van der Waals surface area contributed by atoms with Crippen molar-refractivity contribution in [1.29, 1.82) is 1.43 Å². The molecule has 5 heteroatoms. The van der Waals surface area contributed by atoms with E-state index in [0.29, 0.717) is 4.90 Å². The normalized spacial score (nSPS) is 58.4. The molecule has 23 heavy (non-hydrogen) atoms. The number of carbonyl (C=O) groups is 1. The fraction of sp³-hybridized carbons (Fsp3) is 0.611. The van der Waals surface area contributed by atoms with Gasteiger partial charge < -0.3 is 19.5 Å². The molecule has 2 aliphatic carbocycles. The van der Waals surface area contributed by atoms with Crippen molar-refractivity contribution in [3.8, 4) is 11.5 Å². The summed E-state index contributed by atoms with van der Waals surface area (Å²) >= 11 is 0. The number of hydrogen-bond donors (Lipinski definition) is 1. The van der Waals surface area contributed by atoms with Crippen molar-refractivity contribution in [2.75, 3.05) is 20.6 Å². The number of benzene rings is 1. The molecule has 1 aromatic carbocycles. The Bertz CT molecular complexity index is 1200. The lowest BCUT2D eigenvalue weighted by atomic mass is 9.49. The first-order valence-electron chi connectivity index (χ1n) is 13.7. The fourth-order valence-corrected chi connectivity index (χ4v) is 4.39. The van der Waals surface area contributed by atoms with Crippen molar-refractivity contribution in [1.82, 2.24) is 4.90 Å². The number of Topliss-reactive ketones (excluding diaryl/α,β-unsaturated/α-hetero) is 1. The highest BCUT2D eigenvalue weighted by atomic mass is 16.5. The van der Waals surface area contributed by atoms with Crippen LogP contribution in [0.2, 0.25) is 0 Å². The van der Waals surface area contributed by atoms with Crippen LogP contribution in [-0.2, 0) is 16.6 Å². The Kier molecular flexibility index (Phi) is 1.07. The van der Waals surface area contributed by atoms with Gasteiger partial charge in [-0.05, 0) is 44.3 Å². The molecule has 1 spiro atoms. The SMILES string of the molecule is [2H]O[C@@]12CCC(=O)C3([2H])Oc4c(OC([2H])([2H])[2H])c([2H])c([2H])c5c4[C@@]31CCN(C([2H])([2H])[2H])[C@]2([2H])C5([2H])[2H]. The third kappa shape index (κ3) is 1.32. The number of carbonyl (C=O) groups excluding carboxylic acids is 1. The third-order valence-electron chi connectivity index (χ3n) is 5.36. The Balaban J connectivity index is 2.01. The van der Waals surface area contributed by atoms with Crippen LogP contribution in [-0.4, -0.2) is 55.5 Å². The Morgan fingerprint density at radius 1 is 1.65 bits per heavy atom. The minimum absolute atomic E-state index is 0.365. The minimum atomic E-state index is -3.15. The first-order valence-corrected chi connectivity index (χ1v) is 7.30. The van der Waals surface area contributed by atoms with Gasteiger partial charge in [0.25, 0.3) is 0 Å². The second kappa shape index (κ2) is 4.08. The second-order valence-corrected chi connectivity index (χ2v) is 6.22. The number of ether oxygens (including phenoxy) is 2. The third-order valence-corrected chi connectivity index (χ3v) is 5.36. The van der Waals surface area contributed by atoms with Crippen molar-refractivity contribution >= 4 is 5.78 Å². The quantitative estimate of drug-likeness (QED) is 0.879. The maximum absolute atomic E-state index is 13.3. The number of aliphatic hydroxyl groups is 1. The minimum Gasteiger partial charge on any atom is -0.493 e. The maximum Gasteiger partial charge on any atom is 0.211 e. The molecule has 4 aliphatic rings. The molecule has 2 heterocycles. The summed E-state index contributed by atoms with van der Waals surface area (Å²) < 4.78 is 119. The average molecular weight is 328 g/mol. The van der Waals surface area contributed by atoms with E-state index < -0.39 is 104 Å². The molecular formula is C18H21NO4. The van der Waals surface area contributed by atoms with Gasteiger partial charge in [-0.3, -0.25) is 4.79 Å². The van der Waals surface area contributed by atoms with Crippen molar-refractivity contribution < 1.29 is 35.8 Å². The molecule has 0 amide bonds. The van der Waals surface area contributed by atoms with Crippen LogP contribution in [0.1, 0.15) is 46.8 Å². The van der Waals surface area contributed by atoms with Crippen LogP contribution in [0.4, 0.5) is 0 Å². The zero-order valence-electron chi connectivity index (χ0n) is 24.9. The predicted molar refractivity (Wildman–Crippen MR) is 83.0 cm³/mol. The van der Waals surface area contributed by atoms with Crippen molar-refractivity contribution in [2.45, 2.75) is 48.7 Å².